The van der Waals surface area contributed by atoms with Crippen molar-refractivity contribution in [3.05, 3.63) is 60.5 Å². The number of benzene rings is 2. The first-order valence-electron chi connectivity index (χ1n) is 12.5. The van der Waals surface area contributed by atoms with Crippen LogP contribution < -0.4 is 9.64 Å². The Labute approximate surface area is 226 Å². The van der Waals surface area contributed by atoms with Crippen LogP contribution in [0.2, 0.25) is 0 Å². The van der Waals surface area contributed by atoms with Gasteiger partial charge in [0, 0.05) is 45.5 Å². The van der Waals surface area contributed by atoms with E-state index in [4.69, 9.17) is 14.2 Å². The molecule has 5 atom stereocenters. The standard InChI is InChI=1S/C27H34FN5O6/c1-31(19-8-10-20(37-3)11-9-19)12-13-32(2)27(36)26-25(38-4)23(24(35)22(16-34)39-26)33-15-21(29-30-33)17-6-5-7-18(28)14-17/h5-11,14-15,22-26,34-35H,12-13,16H2,1-4H3/t22-,23+,24+,25-,26-/m1/s1. The van der Waals surface area contributed by atoms with Crippen LogP contribution >= 0.6 is 0 Å². The van der Waals surface area contributed by atoms with Crippen LogP contribution in [0.5, 0.6) is 5.75 Å². The lowest BCUT2D eigenvalue weighted by atomic mass is 9.91. The summed E-state index contributed by atoms with van der Waals surface area (Å²) in [7, 11) is 6.60. The average Bonchev–Trinajstić information content (AvgIpc) is 3.45. The molecule has 2 aromatic carbocycles. The van der Waals surface area contributed by atoms with Crippen LogP contribution in [0.3, 0.4) is 0 Å². The molecule has 1 aromatic heterocycles. The summed E-state index contributed by atoms with van der Waals surface area (Å²) in [6.07, 6.45) is -2.84. The van der Waals surface area contributed by atoms with E-state index in [9.17, 15) is 19.4 Å². The van der Waals surface area contributed by atoms with Gasteiger partial charge in [0.15, 0.2) is 6.10 Å². The minimum atomic E-state index is -1.25. The van der Waals surface area contributed by atoms with Gasteiger partial charge in [-0.15, -0.1) is 5.10 Å². The second kappa shape index (κ2) is 12.5. The van der Waals surface area contributed by atoms with E-state index in [1.54, 1.807) is 32.5 Å². The largest absolute Gasteiger partial charge is 0.497 e. The van der Waals surface area contributed by atoms with Gasteiger partial charge in [0.25, 0.3) is 5.91 Å². The fraction of sp³-hybridized carbons (Fsp3) is 0.444. The molecule has 1 fully saturated rings. The van der Waals surface area contributed by atoms with Gasteiger partial charge in [0.1, 0.15) is 41.6 Å². The fourth-order valence-corrected chi connectivity index (χ4v) is 4.66. The molecule has 11 nitrogen and oxygen atoms in total. The molecule has 0 radical (unpaired) electrons. The van der Waals surface area contributed by atoms with Gasteiger partial charge in [0.05, 0.1) is 19.9 Å². The SMILES string of the molecule is COc1ccc(N(C)CCN(C)C(=O)[C@@H]2O[C@H](CO)[C@H](O)[C@H](n3cc(-c4cccc(F)c4)nn3)[C@H]2OC)cc1. The van der Waals surface area contributed by atoms with Gasteiger partial charge in [-0.2, -0.15) is 0 Å². The van der Waals surface area contributed by atoms with Crippen LogP contribution in [0.25, 0.3) is 11.3 Å². The number of anilines is 1. The van der Waals surface area contributed by atoms with E-state index in [1.165, 1.54) is 28.8 Å². The van der Waals surface area contributed by atoms with E-state index in [1.807, 2.05) is 36.2 Å². The maximum atomic E-state index is 13.7. The Kier molecular flexibility index (Phi) is 9.12. The predicted molar refractivity (Wildman–Crippen MR) is 141 cm³/mol. The number of nitrogens with zero attached hydrogens (tertiary/aromatic N) is 5. The molecular weight excluding hydrogens is 509 g/mol. The predicted octanol–water partition coefficient (Wildman–Crippen LogP) is 1.36. The van der Waals surface area contributed by atoms with Crippen molar-refractivity contribution in [2.24, 2.45) is 0 Å². The van der Waals surface area contributed by atoms with Crippen LogP contribution in [0.1, 0.15) is 6.04 Å². The molecule has 2 heterocycles. The van der Waals surface area contributed by atoms with E-state index < -0.39 is 42.9 Å². The Morgan fingerprint density at radius 3 is 2.54 bits per heavy atom. The summed E-state index contributed by atoms with van der Waals surface area (Å²) in [4.78, 5) is 17.1. The van der Waals surface area contributed by atoms with E-state index in [-0.39, 0.29) is 5.91 Å². The van der Waals surface area contributed by atoms with Crippen LogP contribution in [-0.2, 0) is 14.3 Å². The topological polar surface area (TPSA) is 122 Å². The van der Waals surface area contributed by atoms with Crippen molar-refractivity contribution in [1.29, 1.82) is 0 Å². The number of aromatic nitrogens is 3. The minimum Gasteiger partial charge on any atom is -0.497 e. The van der Waals surface area contributed by atoms with Crippen molar-refractivity contribution in [3.63, 3.8) is 0 Å². The Morgan fingerprint density at radius 1 is 1.15 bits per heavy atom. The van der Waals surface area contributed by atoms with E-state index in [0.29, 0.717) is 24.3 Å². The maximum absolute atomic E-state index is 13.7. The molecule has 3 aromatic rings. The van der Waals surface area contributed by atoms with Gasteiger partial charge in [-0.1, -0.05) is 17.3 Å². The highest BCUT2D eigenvalue weighted by Gasteiger charge is 2.50. The van der Waals surface area contributed by atoms with Crippen molar-refractivity contribution in [2.45, 2.75) is 30.5 Å². The summed E-state index contributed by atoms with van der Waals surface area (Å²) >= 11 is 0. The third-order valence-corrected chi connectivity index (χ3v) is 6.98. The smallest absolute Gasteiger partial charge is 0.254 e. The molecule has 1 aliphatic rings. The lowest BCUT2D eigenvalue weighted by Crippen LogP contribution is -2.61. The molecule has 0 saturated carbocycles. The number of rotatable bonds is 10. The van der Waals surface area contributed by atoms with E-state index in [0.717, 1.165) is 11.4 Å². The Balaban J connectivity index is 1.50. The van der Waals surface area contributed by atoms with Gasteiger partial charge in [0.2, 0.25) is 0 Å². The van der Waals surface area contributed by atoms with Gasteiger partial charge < -0.3 is 34.2 Å². The summed E-state index contributed by atoms with van der Waals surface area (Å²) in [5, 5.41) is 29.2. The van der Waals surface area contributed by atoms with Gasteiger partial charge in [-0.3, -0.25) is 4.79 Å². The van der Waals surface area contributed by atoms with Crippen molar-refractivity contribution < 1.29 is 33.6 Å². The zero-order valence-electron chi connectivity index (χ0n) is 22.3. The number of amides is 1. The summed E-state index contributed by atoms with van der Waals surface area (Å²) in [6.45, 7) is 0.392. The normalized spacial score (nSPS) is 22.9. The first-order valence-corrected chi connectivity index (χ1v) is 12.5. The van der Waals surface area contributed by atoms with Crippen molar-refractivity contribution in [3.8, 4) is 17.0 Å². The van der Waals surface area contributed by atoms with Crippen LogP contribution in [0, 0.1) is 5.82 Å². The number of carbonyl (C=O) groups is 1. The summed E-state index contributed by atoms with van der Waals surface area (Å²) in [5.41, 5.74) is 1.85. The number of hydrogen-bond acceptors (Lipinski definition) is 9. The molecular formula is C27H34FN5O6. The minimum absolute atomic E-state index is 0.370. The first-order chi connectivity index (χ1) is 18.8. The van der Waals surface area contributed by atoms with Crippen LogP contribution in [0.4, 0.5) is 10.1 Å². The highest BCUT2D eigenvalue weighted by Crippen LogP contribution is 2.33. The number of aliphatic hydroxyl groups excluding tert-OH is 2. The number of aliphatic hydroxyl groups is 2. The Hall–Kier alpha value is -3.58. The van der Waals surface area contributed by atoms with Crippen LogP contribution in [-0.4, -0.2) is 108 Å². The van der Waals surface area contributed by atoms with E-state index in [2.05, 4.69) is 10.3 Å². The lowest BCUT2D eigenvalue weighted by molar-refractivity contribution is -0.216. The summed E-state index contributed by atoms with van der Waals surface area (Å²) in [5.74, 6) is -0.0366. The van der Waals surface area contributed by atoms with Crippen LogP contribution in [0.15, 0.2) is 54.7 Å². The molecule has 0 spiro atoms. The summed E-state index contributed by atoms with van der Waals surface area (Å²) in [6, 6.07) is 12.6. The molecule has 1 aliphatic heterocycles. The molecule has 2 N–H and O–H groups in total. The number of ether oxygens (including phenoxy) is 3. The van der Waals surface area contributed by atoms with Gasteiger partial charge in [-0.05, 0) is 36.4 Å². The first kappa shape index (κ1) is 28.4. The highest BCUT2D eigenvalue weighted by molar-refractivity contribution is 5.81. The third-order valence-electron chi connectivity index (χ3n) is 6.98. The molecule has 210 valence electrons. The fourth-order valence-electron chi connectivity index (χ4n) is 4.66. The van der Waals surface area contributed by atoms with Crippen molar-refractivity contribution in [2.75, 3.05) is 52.9 Å². The molecule has 1 amide bonds. The number of methoxy groups -OCH3 is 2. The molecule has 0 bridgehead atoms. The molecule has 4 rings (SSSR count). The second-order valence-corrected chi connectivity index (χ2v) is 9.43. The van der Waals surface area contributed by atoms with Gasteiger partial charge >= 0.3 is 0 Å². The third kappa shape index (κ3) is 6.19. The monoisotopic (exact) mass is 543 g/mol. The van der Waals surface area contributed by atoms with E-state index >= 15 is 0 Å². The molecule has 12 heteroatoms. The Morgan fingerprint density at radius 2 is 1.90 bits per heavy atom. The zero-order valence-corrected chi connectivity index (χ0v) is 22.3. The van der Waals surface area contributed by atoms with Crippen molar-refractivity contribution in [1.82, 2.24) is 19.9 Å². The number of likely N-dealkylation sites (N-methyl/N-ethyl adjacent to an activating group) is 2. The number of carbonyl (C=O) groups excluding carboxylic acids is 1. The molecule has 1 saturated heterocycles. The summed E-state index contributed by atoms with van der Waals surface area (Å²) < 4.78 is 31.8. The molecule has 0 aliphatic carbocycles. The number of halogens is 1. The van der Waals surface area contributed by atoms with Gasteiger partial charge in [-0.25, -0.2) is 9.07 Å². The second-order valence-electron chi connectivity index (χ2n) is 9.43. The zero-order chi connectivity index (χ0) is 28.1. The lowest BCUT2D eigenvalue weighted by Gasteiger charge is -2.43. The van der Waals surface area contributed by atoms with Crippen molar-refractivity contribution >= 4 is 11.6 Å². The maximum Gasteiger partial charge on any atom is 0.254 e. The molecule has 0 unspecified atom stereocenters. The molecule has 39 heavy (non-hydrogen) atoms. The highest BCUT2D eigenvalue weighted by atomic mass is 19.1. The Bertz CT molecular complexity index is 1240. The average molecular weight is 544 g/mol. The number of hydrogen-bond donors (Lipinski definition) is 2. The quantitative estimate of drug-likeness (QED) is 0.390.